The average molecular weight is 420 g/mol. The van der Waals surface area contributed by atoms with Crippen molar-refractivity contribution in [2.45, 2.75) is 24.8 Å². The number of nitrogens with zero attached hydrogens (tertiary/aromatic N) is 4. The standard InChI is InChI=1S/C20H29N5O3S/c1-3-21-20(22-10-8-17-4-6-19(7-5-17)29(2,26)27)25-13-11-24(12-14-25)16-18-9-15-28-23-18/h4-7,9,15H,3,8,10-14,16H2,1-2H3,(H,21,22). The third kappa shape index (κ3) is 6.30. The van der Waals surface area contributed by atoms with Crippen molar-refractivity contribution in [3.8, 4) is 0 Å². The Kier molecular flexibility index (Phi) is 7.27. The normalized spacial score (nSPS) is 16.2. The van der Waals surface area contributed by atoms with E-state index in [1.165, 1.54) is 6.26 Å². The van der Waals surface area contributed by atoms with Crippen molar-refractivity contribution >= 4 is 15.8 Å². The Labute approximate surface area is 172 Å². The Hall–Kier alpha value is -2.39. The van der Waals surface area contributed by atoms with Crippen LogP contribution >= 0.6 is 0 Å². The monoisotopic (exact) mass is 419 g/mol. The van der Waals surface area contributed by atoms with E-state index in [1.807, 2.05) is 18.2 Å². The predicted molar refractivity (Wildman–Crippen MR) is 113 cm³/mol. The first kappa shape index (κ1) is 21.3. The molecular formula is C20H29N5O3S. The van der Waals surface area contributed by atoms with Crippen LogP contribution in [0.2, 0.25) is 0 Å². The first-order valence-electron chi connectivity index (χ1n) is 9.89. The summed E-state index contributed by atoms with van der Waals surface area (Å²) in [7, 11) is -3.15. The van der Waals surface area contributed by atoms with Crippen LogP contribution in [-0.4, -0.2) is 74.9 Å². The minimum Gasteiger partial charge on any atom is -0.364 e. The summed E-state index contributed by atoms with van der Waals surface area (Å²) in [4.78, 5) is 9.77. The summed E-state index contributed by atoms with van der Waals surface area (Å²) in [6.07, 6.45) is 3.60. The summed E-state index contributed by atoms with van der Waals surface area (Å²) < 4.78 is 28.0. The maximum absolute atomic E-state index is 11.6. The number of aliphatic imine (C=N–C) groups is 1. The third-order valence-corrected chi connectivity index (χ3v) is 6.03. The SMILES string of the molecule is CCNC(=NCCc1ccc(S(C)(=O)=O)cc1)N1CCN(Cc2ccon2)CC1. The van der Waals surface area contributed by atoms with E-state index in [0.29, 0.717) is 11.4 Å². The predicted octanol–water partition coefficient (Wildman–Crippen LogP) is 1.40. The molecule has 1 aliphatic rings. The number of guanidine groups is 1. The van der Waals surface area contributed by atoms with Gasteiger partial charge in [-0.2, -0.15) is 0 Å². The van der Waals surface area contributed by atoms with Gasteiger partial charge in [0.2, 0.25) is 0 Å². The van der Waals surface area contributed by atoms with Crippen LogP contribution in [0.15, 0.2) is 51.0 Å². The highest BCUT2D eigenvalue weighted by molar-refractivity contribution is 7.90. The molecule has 0 atom stereocenters. The average Bonchev–Trinajstić information content (AvgIpc) is 3.21. The first-order chi connectivity index (χ1) is 14.0. The molecule has 1 aliphatic heterocycles. The largest absolute Gasteiger partial charge is 0.364 e. The maximum Gasteiger partial charge on any atom is 0.194 e. The second-order valence-electron chi connectivity index (χ2n) is 7.16. The molecule has 0 spiro atoms. The smallest absolute Gasteiger partial charge is 0.194 e. The Morgan fingerprint density at radius 1 is 1.17 bits per heavy atom. The van der Waals surface area contributed by atoms with Gasteiger partial charge >= 0.3 is 0 Å². The molecule has 0 aliphatic carbocycles. The molecule has 3 rings (SSSR count). The van der Waals surface area contributed by atoms with Gasteiger partial charge in [0.05, 0.1) is 10.6 Å². The summed E-state index contributed by atoms with van der Waals surface area (Å²) in [6.45, 7) is 8.07. The number of sulfone groups is 1. The van der Waals surface area contributed by atoms with Gasteiger partial charge in [-0.3, -0.25) is 9.89 Å². The minimum absolute atomic E-state index is 0.349. The molecule has 29 heavy (non-hydrogen) atoms. The fourth-order valence-electron chi connectivity index (χ4n) is 3.29. The zero-order valence-electron chi connectivity index (χ0n) is 17.0. The van der Waals surface area contributed by atoms with Crippen LogP contribution in [0.4, 0.5) is 0 Å². The molecule has 158 valence electrons. The molecule has 1 saturated heterocycles. The molecule has 0 unspecified atom stereocenters. The van der Waals surface area contributed by atoms with Gasteiger partial charge in [-0.25, -0.2) is 8.42 Å². The second kappa shape index (κ2) is 9.89. The van der Waals surface area contributed by atoms with E-state index < -0.39 is 9.84 Å². The number of hydrogen-bond donors (Lipinski definition) is 1. The lowest BCUT2D eigenvalue weighted by molar-refractivity contribution is 0.169. The van der Waals surface area contributed by atoms with E-state index in [2.05, 4.69) is 27.2 Å². The fraction of sp³-hybridized carbons (Fsp3) is 0.500. The Morgan fingerprint density at radius 2 is 1.90 bits per heavy atom. The highest BCUT2D eigenvalue weighted by Crippen LogP contribution is 2.11. The number of aromatic nitrogens is 1. The molecule has 0 radical (unpaired) electrons. The van der Waals surface area contributed by atoms with Gasteiger partial charge in [0, 0.05) is 58.1 Å². The number of benzene rings is 1. The molecule has 1 aromatic heterocycles. The topological polar surface area (TPSA) is 91.0 Å². The highest BCUT2D eigenvalue weighted by Gasteiger charge is 2.20. The van der Waals surface area contributed by atoms with Crippen LogP contribution in [0.25, 0.3) is 0 Å². The molecule has 1 aromatic carbocycles. The summed E-state index contributed by atoms with van der Waals surface area (Å²) in [5, 5.41) is 7.36. The molecule has 0 amide bonds. The van der Waals surface area contributed by atoms with Crippen LogP contribution < -0.4 is 5.32 Å². The van der Waals surface area contributed by atoms with E-state index in [4.69, 9.17) is 9.52 Å². The van der Waals surface area contributed by atoms with Crippen molar-refractivity contribution in [3.05, 3.63) is 47.9 Å². The molecule has 0 bridgehead atoms. The highest BCUT2D eigenvalue weighted by atomic mass is 32.2. The van der Waals surface area contributed by atoms with E-state index >= 15 is 0 Å². The van der Waals surface area contributed by atoms with Crippen molar-refractivity contribution in [2.75, 3.05) is 45.5 Å². The minimum atomic E-state index is -3.15. The molecule has 2 heterocycles. The van der Waals surface area contributed by atoms with Crippen molar-refractivity contribution in [2.24, 2.45) is 4.99 Å². The molecule has 1 N–H and O–H groups in total. The number of hydrogen-bond acceptors (Lipinski definition) is 6. The van der Waals surface area contributed by atoms with Gasteiger partial charge in [-0.15, -0.1) is 0 Å². The molecule has 8 nitrogen and oxygen atoms in total. The van der Waals surface area contributed by atoms with Gasteiger partial charge < -0.3 is 14.7 Å². The Bertz CT molecular complexity index is 887. The molecular weight excluding hydrogens is 390 g/mol. The summed E-state index contributed by atoms with van der Waals surface area (Å²) >= 11 is 0. The van der Waals surface area contributed by atoms with Crippen molar-refractivity contribution in [3.63, 3.8) is 0 Å². The fourth-order valence-corrected chi connectivity index (χ4v) is 3.92. The van der Waals surface area contributed by atoms with Crippen molar-refractivity contribution in [1.29, 1.82) is 0 Å². The van der Waals surface area contributed by atoms with E-state index in [1.54, 1.807) is 18.4 Å². The zero-order valence-corrected chi connectivity index (χ0v) is 17.9. The molecule has 2 aromatic rings. The first-order valence-corrected chi connectivity index (χ1v) is 11.8. The van der Waals surface area contributed by atoms with Crippen molar-refractivity contribution in [1.82, 2.24) is 20.3 Å². The number of piperazine rings is 1. The second-order valence-corrected chi connectivity index (χ2v) is 9.17. The molecule has 0 saturated carbocycles. The van der Waals surface area contributed by atoms with Crippen LogP contribution in [0.1, 0.15) is 18.2 Å². The lowest BCUT2D eigenvalue weighted by atomic mass is 10.1. The quantitative estimate of drug-likeness (QED) is 0.536. The lowest BCUT2D eigenvalue weighted by Gasteiger charge is -2.36. The van der Waals surface area contributed by atoms with Gasteiger partial charge in [0.1, 0.15) is 6.26 Å². The van der Waals surface area contributed by atoms with E-state index in [9.17, 15) is 8.42 Å². The van der Waals surface area contributed by atoms with Gasteiger partial charge in [0.15, 0.2) is 15.8 Å². The molecule has 1 fully saturated rings. The third-order valence-electron chi connectivity index (χ3n) is 4.90. The lowest BCUT2D eigenvalue weighted by Crippen LogP contribution is -2.52. The van der Waals surface area contributed by atoms with Gasteiger partial charge in [0.25, 0.3) is 0 Å². The summed E-state index contributed by atoms with van der Waals surface area (Å²) in [5.74, 6) is 0.932. The summed E-state index contributed by atoms with van der Waals surface area (Å²) in [5.41, 5.74) is 2.04. The maximum atomic E-state index is 11.6. The Morgan fingerprint density at radius 3 is 2.48 bits per heavy atom. The van der Waals surface area contributed by atoms with Crippen LogP contribution in [0.5, 0.6) is 0 Å². The van der Waals surface area contributed by atoms with E-state index in [-0.39, 0.29) is 0 Å². The molecule has 9 heteroatoms. The van der Waals surface area contributed by atoms with E-state index in [0.717, 1.165) is 62.9 Å². The van der Waals surface area contributed by atoms with Crippen LogP contribution in [-0.2, 0) is 22.8 Å². The van der Waals surface area contributed by atoms with Gasteiger partial charge in [-0.1, -0.05) is 17.3 Å². The summed E-state index contributed by atoms with van der Waals surface area (Å²) in [6, 6.07) is 8.95. The number of rotatable bonds is 7. The zero-order chi connectivity index (χ0) is 20.7. The van der Waals surface area contributed by atoms with Crippen LogP contribution in [0, 0.1) is 0 Å². The van der Waals surface area contributed by atoms with Crippen LogP contribution in [0.3, 0.4) is 0 Å². The van der Waals surface area contributed by atoms with Crippen molar-refractivity contribution < 1.29 is 12.9 Å². The number of nitrogens with one attached hydrogen (secondary N) is 1. The Balaban J connectivity index is 1.52. The van der Waals surface area contributed by atoms with Gasteiger partial charge in [-0.05, 0) is 31.0 Å².